The summed E-state index contributed by atoms with van der Waals surface area (Å²) in [6.07, 6.45) is 3.26. The van der Waals surface area contributed by atoms with Crippen LogP contribution in [0.1, 0.15) is 54.2 Å². The van der Waals surface area contributed by atoms with Crippen molar-refractivity contribution in [1.82, 2.24) is 19.8 Å². The Labute approximate surface area is 288 Å². The first-order chi connectivity index (χ1) is 23.6. The van der Waals surface area contributed by atoms with E-state index >= 15 is 4.39 Å². The lowest BCUT2D eigenvalue weighted by Crippen LogP contribution is -2.49. The maximum Gasteiger partial charge on any atom is 0.262 e. The van der Waals surface area contributed by atoms with E-state index in [2.05, 4.69) is 51.2 Å². The Morgan fingerprint density at radius 3 is 2.39 bits per heavy atom. The number of methoxy groups -OCH3 is 1. The molecule has 0 radical (unpaired) electrons. The van der Waals surface area contributed by atoms with Gasteiger partial charge in [0.2, 0.25) is 11.8 Å². The molecular weight excluding hydrogens is 623 g/mol. The molecule has 0 unspecified atom stereocenters. The molecule has 3 aromatic carbocycles. The molecule has 4 aromatic rings. The zero-order valence-electron chi connectivity index (χ0n) is 29.3. The largest absolute Gasteiger partial charge is 0.493 e. The number of carbonyl (C=O) groups is 1. The van der Waals surface area contributed by atoms with Crippen LogP contribution in [0.2, 0.25) is 0 Å². The van der Waals surface area contributed by atoms with E-state index < -0.39 is 11.7 Å². The average molecular weight is 671 g/mol. The second-order valence-electron chi connectivity index (χ2n) is 12.6. The molecule has 0 spiro atoms. The molecule has 49 heavy (non-hydrogen) atoms. The Balaban J connectivity index is 1.32. The Hall–Kier alpha value is -4.74. The predicted molar refractivity (Wildman–Crippen MR) is 191 cm³/mol. The van der Waals surface area contributed by atoms with E-state index in [0.29, 0.717) is 35.5 Å². The van der Waals surface area contributed by atoms with Crippen LogP contribution in [-0.2, 0) is 6.42 Å². The second-order valence-corrected chi connectivity index (χ2v) is 12.6. The molecular formula is C38H47FN6O4. The number of amides is 1. The lowest BCUT2D eigenvalue weighted by molar-refractivity contribution is 0.0965. The van der Waals surface area contributed by atoms with E-state index in [1.807, 2.05) is 44.2 Å². The van der Waals surface area contributed by atoms with Crippen LogP contribution in [0.15, 0.2) is 60.8 Å². The predicted octanol–water partition coefficient (Wildman–Crippen LogP) is 7.39. The normalized spacial score (nSPS) is 13.7. The SMILES string of the molecule is CCCc1ccc(Oc2nc(Nc3ccc(OCCN4CCN(C(C)C)CC4)c(F)c3)ncc2C(=O)Nc2c(C)cccc2C)c(OC)c1. The third kappa shape index (κ3) is 9.24. The van der Waals surface area contributed by atoms with Gasteiger partial charge in [0.05, 0.1) is 7.11 Å². The highest BCUT2D eigenvalue weighted by molar-refractivity contribution is 6.06. The Kier molecular flexibility index (Phi) is 12.0. The van der Waals surface area contributed by atoms with E-state index in [1.54, 1.807) is 25.3 Å². The standard InChI is InChI=1S/C38H47FN6O4/c1-7-9-28-12-14-33(34(22-28)47-6)49-37-30(36(46)42-35-26(4)10-8-11-27(35)5)24-40-38(43-37)41-29-13-15-32(31(39)23-29)48-21-20-44-16-18-45(19-17-44)25(2)3/h8,10-15,22-25H,7,9,16-21H2,1-6H3,(H,42,46)(H,40,41,43). The number of carbonyl (C=O) groups excluding carboxylic acids is 1. The summed E-state index contributed by atoms with van der Waals surface area (Å²) >= 11 is 0. The van der Waals surface area contributed by atoms with Gasteiger partial charge in [-0.05, 0) is 75.1 Å². The summed E-state index contributed by atoms with van der Waals surface area (Å²) in [7, 11) is 1.56. The summed E-state index contributed by atoms with van der Waals surface area (Å²) in [5, 5.41) is 6.02. The molecule has 1 aliphatic rings. The molecule has 1 aliphatic heterocycles. The first-order valence-corrected chi connectivity index (χ1v) is 16.9. The summed E-state index contributed by atoms with van der Waals surface area (Å²) in [6, 6.07) is 16.6. The molecule has 260 valence electrons. The first-order valence-electron chi connectivity index (χ1n) is 16.9. The summed E-state index contributed by atoms with van der Waals surface area (Å²) < 4.78 is 32.8. The fourth-order valence-electron chi connectivity index (χ4n) is 5.81. The first kappa shape index (κ1) is 35.6. The van der Waals surface area contributed by atoms with Crippen molar-refractivity contribution in [2.75, 3.05) is 57.1 Å². The highest BCUT2D eigenvalue weighted by atomic mass is 19.1. The van der Waals surface area contributed by atoms with Gasteiger partial charge >= 0.3 is 0 Å². The number of aryl methyl sites for hydroxylation is 3. The fourth-order valence-corrected chi connectivity index (χ4v) is 5.81. The summed E-state index contributed by atoms with van der Waals surface area (Å²) in [6.45, 7) is 15.5. The zero-order valence-corrected chi connectivity index (χ0v) is 29.3. The number of nitrogens with one attached hydrogen (secondary N) is 2. The molecule has 1 fully saturated rings. The van der Waals surface area contributed by atoms with Crippen LogP contribution in [0.25, 0.3) is 0 Å². The number of nitrogens with zero attached hydrogens (tertiary/aromatic N) is 4. The number of aromatic nitrogens is 2. The maximum atomic E-state index is 15.1. The van der Waals surface area contributed by atoms with Gasteiger partial charge < -0.3 is 24.8 Å². The number of piperazine rings is 1. The molecule has 2 N–H and O–H groups in total. The number of hydrogen-bond acceptors (Lipinski definition) is 9. The van der Waals surface area contributed by atoms with E-state index in [0.717, 1.165) is 62.3 Å². The van der Waals surface area contributed by atoms with Crippen LogP contribution in [0.4, 0.5) is 21.7 Å². The van der Waals surface area contributed by atoms with Crippen molar-refractivity contribution in [2.45, 2.75) is 53.5 Å². The number of anilines is 3. The molecule has 0 saturated carbocycles. The molecule has 2 heterocycles. The van der Waals surface area contributed by atoms with Crippen molar-refractivity contribution in [3.63, 3.8) is 0 Å². The number of halogens is 1. The van der Waals surface area contributed by atoms with E-state index in [9.17, 15) is 4.79 Å². The van der Waals surface area contributed by atoms with Crippen LogP contribution >= 0.6 is 0 Å². The topological polar surface area (TPSA) is 101 Å². The van der Waals surface area contributed by atoms with Gasteiger partial charge in [-0.15, -0.1) is 0 Å². The number of hydrogen-bond donors (Lipinski definition) is 2. The maximum absolute atomic E-state index is 15.1. The third-order valence-electron chi connectivity index (χ3n) is 8.68. The van der Waals surface area contributed by atoms with Crippen LogP contribution in [0.3, 0.4) is 0 Å². The second kappa shape index (κ2) is 16.6. The molecule has 1 saturated heterocycles. The minimum Gasteiger partial charge on any atom is -0.493 e. The van der Waals surface area contributed by atoms with E-state index in [1.165, 1.54) is 12.3 Å². The Bertz CT molecular complexity index is 1720. The number of para-hydroxylation sites is 1. The fraction of sp³-hybridized carbons (Fsp3) is 0.395. The van der Waals surface area contributed by atoms with E-state index in [4.69, 9.17) is 14.2 Å². The van der Waals surface area contributed by atoms with Gasteiger partial charge in [-0.2, -0.15) is 4.98 Å². The molecule has 11 heteroatoms. The monoisotopic (exact) mass is 670 g/mol. The van der Waals surface area contributed by atoms with Gasteiger partial charge in [0, 0.05) is 62.4 Å². The smallest absolute Gasteiger partial charge is 0.262 e. The summed E-state index contributed by atoms with van der Waals surface area (Å²) in [5.41, 5.74) is 4.17. The van der Waals surface area contributed by atoms with E-state index in [-0.39, 0.29) is 23.1 Å². The lowest BCUT2D eigenvalue weighted by Gasteiger charge is -2.36. The quantitative estimate of drug-likeness (QED) is 0.142. The van der Waals surface area contributed by atoms with Crippen molar-refractivity contribution >= 4 is 23.2 Å². The molecule has 10 nitrogen and oxygen atoms in total. The summed E-state index contributed by atoms with van der Waals surface area (Å²) in [4.78, 5) is 27.3. The highest BCUT2D eigenvalue weighted by Crippen LogP contribution is 2.34. The molecule has 5 rings (SSSR count). The van der Waals surface area contributed by atoms with Gasteiger partial charge in [-0.3, -0.25) is 14.6 Å². The van der Waals surface area contributed by atoms with Gasteiger partial charge in [0.25, 0.3) is 5.91 Å². The Morgan fingerprint density at radius 1 is 0.980 bits per heavy atom. The molecule has 0 aliphatic carbocycles. The Morgan fingerprint density at radius 2 is 1.71 bits per heavy atom. The van der Waals surface area contributed by atoms with Gasteiger partial charge in [0.15, 0.2) is 23.1 Å². The third-order valence-corrected chi connectivity index (χ3v) is 8.68. The molecule has 0 bridgehead atoms. The van der Waals surface area contributed by atoms with Crippen LogP contribution in [0.5, 0.6) is 23.1 Å². The molecule has 0 atom stereocenters. The minimum atomic E-state index is -0.507. The van der Waals surface area contributed by atoms with Crippen molar-refractivity contribution in [3.05, 3.63) is 88.9 Å². The van der Waals surface area contributed by atoms with Crippen molar-refractivity contribution in [1.29, 1.82) is 0 Å². The van der Waals surface area contributed by atoms with Gasteiger partial charge in [0.1, 0.15) is 12.2 Å². The number of ether oxygens (including phenoxy) is 3. The average Bonchev–Trinajstić information content (AvgIpc) is 3.08. The number of benzene rings is 3. The number of rotatable bonds is 14. The van der Waals surface area contributed by atoms with Gasteiger partial charge in [-0.1, -0.05) is 37.6 Å². The lowest BCUT2D eigenvalue weighted by atomic mass is 10.1. The van der Waals surface area contributed by atoms with Crippen molar-refractivity contribution in [3.8, 4) is 23.1 Å². The molecule has 1 aromatic heterocycles. The van der Waals surface area contributed by atoms with Crippen LogP contribution in [0, 0.1) is 19.7 Å². The minimum absolute atomic E-state index is 0.0115. The van der Waals surface area contributed by atoms with Crippen molar-refractivity contribution in [2.24, 2.45) is 0 Å². The summed E-state index contributed by atoms with van der Waals surface area (Å²) in [5.74, 6) is 0.264. The zero-order chi connectivity index (χ0) is 34.9. The van der Waals surface area contributed by atoms with Gasteiger partial charge in [-0.25, -0.2) is 9.37 Å². The highest BCUT2D eigenvalue weighted by Gasteiger charge is 2.21. The van der Waals surface area contributed by atoms with Crippen LogP contribution < -0.4 is 24.8 Å². The van der Waals surface area contributed by atoms with Crippen molar-refractivity contribution < 1.29 is 23.4 Å². The molecule has 1 amide bonds. The van der Waals surface area contributed by atoms with Crippen LogP contribution in [-0.4, -0.2) is 78.2 Å².